The molecule has 3 heteroatoms. The first-order valence-electron chi connectivity index (χ1n) is 5.59. The Morgan fingerprint density at radius 2 is 2.07 bits per heavy atom. The molecule has 0 saturated carbocycles. The Balaban J connectivity index is 3.51. The Labute approximate surface area is 88.8 Å². The van der Waals surface area contributed by atoms with E-state index in [1.165, 1.54) is 25.8 Å². The molecule has 0 spiro atoms. The van der Waals surface area contributed by atoms with Crippen molar-refractivity contribution in [2.75, 3.05) is 40.9 Å². The number of ether oxygens (including phenoxy) is 1. The van der Waals surface area contributed by atoms with Crippen LogP contribution in [0.15, 0.2) is 0 Å². The highest BCUT2D eigenvalue weighted by molar-refractivity contribution is 4.67. The summed E-state index contributed by atoms with van der Waals surface area (Å²) in [6.07, 6.45) is 3.93. The van der Waals surface area contributed by atoms with Crippen molar-refractivity contribution in [2.24, 2.45) is 0 Å². The number of likely N-dealkylation sites (N-methyl/N-ethyl adjacent to an activating group) is 2. The van der Waals surface area contributed by atoms with Gasteiger partial charge in [0, 0.05) is 19.7 Å². The fourth-order valence-corrected chi connectivity index (χ4v) is 1.53. The maximum Gasteiger partial charge on any atom is 0.0628 e. The van der Waals surface area contributed by atoms with Crippen molar-refractivity contribution in [1.82, 2.24) is 10.2 Å². The Hall–Kier alpha value is -0.120. The van der Waals surface area contributed by atoms with Crippen molar-refractivity contribution in [3.63, 3.8) is 0 Å². The Morgan fingerprint density at radius 1 is 1.36 bits per heavy atom. The van der Waals surface area contributed by atoms with Gasteiger partial charge in [0.2, 0.25) is 0 Å². The summed E-state index contributed by atoms with van der Waals surface area (Å²) >= 11 is 0. The fraction of sp³-hybridized carbons (Fsp3) is 1.00. The highest BCUT2D eigenvalue weighted by Gasteiger charge is 2.08. The van der Waals surface area contributed by atoms with E-state index in [0.29, 0.717) is 6.04 Å². The molecule has 0 rings (SSSR count). The summed E-state index contributed by atoms with van der Waals surface area (Å²) in [7, 11) is 5.92. The molecule has 0 aromatic rings. The zero-order chi connectivity index (χ0) is 10.8. The van der Waals surface area contributed by atoms with Gasteiger partial charge in [-0.2, -0.15) is 0 Å². The second kappa shape index (κ2) is 9.44. The van der Waals surface area contributed by atoms with Gasteiger partial charge >= 0.3 is 0 Å². The Kier molecular flexibility index (Phi) is 9.35. The number of hydrogen-bond acceptors (Lipinski definition) is 3. The monoisotopic (exact) mass is 202 g/mol. The molecule has 0 aromatic heterocycles. The summed E-state index contributed by atoms with van der Waals surface area (Å²) in [6.45, 7) is 5.28. The summed E-state index contributed by atoms with van der Waals surface area (Å²) in [4.78, 5) is 2.37. The largest absolute Gasteiger partial charge is 0.383 e. The number of rotatable bonds is 9. The predicted molar refractivity (Wildman–Crippen MR) is 61.7 cm³/mol. The molecule has 1 atom stereocenters. The molecular formula is C11H26N2O. The van der Waals surface area contributed by atoms with Gasteiger partial charge in [0.15, 0.2) is 0 Å². The third kappa shape index (κ3) is 7.30. The summed E-state index contributed by atoms with van der Waals surface area (Å²) < 4.78 is 5.13. The van der Waals surface area contributed by atoms with Crippen LogP contribution in [0.25, 0.3) is 0 Å². The van der Waals surface area contributed by atoms with Gasteiger partial charge in [-0.25, -0.2) is 0 Å². The lowest BCUT2D eigenvalue weighted by Gasteiger charge is -2.23. The molecule has 1 unspecified atom stereocenters. The van der Waals surface area contributed by atoms with Crippen LogP contribution in [-0.4, -0.2) is 51.8 Å². The van der Waals surface area contributed by atoms with Gasteiger partial charge in [0.1, 0.15) is 0 Å². The molecule has 0 aliphatic rings. The first kappa shape index (κ1) is 13.9. The van der Waals surface area contributed by atoms with Crippen LogP contribution in [0, 0.1) is 0 Å². The summed E-state index contributed by atoms with van der Waals surface area (Å²) in [5, 5.41) is 3.26. The first-order valence-corrected chi connectivity index (χ1v) is 5.59. The molecule has 0 aliphatic carbocycles. The number of methoxy groups -OCH3 is 1. The fourth-order valence-electron chi connectivity index (χ4n) is 1.53. The minimum atomic E-state index is 0.451. The van der Waals surface area contributed by atoms with Crippen LogP contribution in [0.4, 0.5) is 0 Å². The lowest BCUT2D eigenvalue weighted by molar-refractivity contribution is 0.148. The van der Waals surface area contributed by atoms with E-state index in [0.717, 1.165) is 13.2 Å². The lowest BCUT2D eigenvalue weighted by atomic mass is 10.2. The van der Waals surface area contributed by atoms with Crippen molar-refractivity contribution in [3.05, 3.63) is 0 Å². The van der Waals surface area contributed by atoms with Crippen molar-refractivity contribution in [2.45, 2.75) is 32.2 Å². The van der Waals surface area contributed by atoms with Gasteiger partial charge in [-0.15, -0.1) is 0 Å². The molecule has 0 saturated heterocycles. The smallest absolute Gasteiger partial charge is 0.0628 e. The lowest BCUT2D eigenvalue weighted by Crippen LogP contribution is -2.41. The number of nitrogens with zero attached hydrogens (tertiary/aromatic N) is 1. The van der Waals surface area contributed by atoms with Gasteiger partial charge in [0.05, 0.1) is 6.61 Å². The maximum atomic E-state index is 5.13. The Morgan fingerprint density at radius 3 is 2.57 bits per heavy atom. The van der Waals surface area contributed by atoms with Crippen molar-refractivity contribution in [1.29, 1.82) is 0 Å². The molecule has 0 amide bonds. The summed E-state index contributed by atoms with van der Waals surface area (Å²) in [5.74, 6) is 0. The van der Waals surface area contributed by atoms with Gasteiger partial charge in [-0.05, 0) is 27.1 Å². The zero-order valence-electron chi connectivity index (χ0n) is 10.2. The molecular weight excluding hydrogens is 176 g/mol. The van der Waals surface area contributed by atoms with E-state index in [-0.39, 0.29) is 0 Å². The Bertz CT molecular complexity index is 120. The molecule has 0 heterocycles. The third-order valence-corrected chi connectivity index (χ3v) is 2.45. The highest BCUT2D eigenvalue weighted by atomic mass is 16.5. The zero-order valence-corrected chi connectivity index (χ0v) is 10.2. The minimum Gasteiger partial charge on any atom is -0.383 e. The van der Waals surface area contributed by atoms with Crippen LogP contribution >= 0.6 is 0 Å². The standard InChI is InChI=1S/C11H26N2O/c1-5-6-7-8-13(3)9-11(12-2)10-14-4/h11-12H,5-10H2,1-4H3. The number of hydrogen-bond donors (Lipinski definition) is 1. The molecule has 1 N–H and O–H groups in total. The van der Waals surface area contributed by atoms with Crippen LogP contribution in [0.3, 0.4) is 0 Å². The molecule has 0 aliphatic heterocycles. The van der Waals surface area contributed by atoms with E-state index < -0.39 is 0 Å². The van der Waals surface area contributed by atoms with Crippen LogP contribution < -0.4 is 5.32 Å². The summed E-state index contributed by atoms with van der Waals surface area (Å²) in [5.41, 5.74) is 0. The van der Waals surface area contributed by atoms with E-state index in [1.54, 1.807) is 7.11 Å². The van der Waals surface area contributed by atoms with E-state index in [4.69, 9.17) is 4.74 Å². The van der Waals surface area contributed by atoms with Crippen LogP contribution in [0.1, 0.15) is 26.2 Å². The first-order chi connectivity index (χ1) is 6.74. The van der Waals surface area contributed by atoms with Gasteiger partial charge in [-0.1, -0.05) is 19.8 Å². The molecule has 0 fully saturated rings. The topological polar surface area (TPSA) is 24.5 Å². The second-order valence-electron chi connectivity index (χ2n) is 3.91. The van der Waals surface area contributed by atoms with Crippen molar-refractivity contribution in [3.8, 4) is 0 Å². The van der Waals surface area contributed by atoms with Gasteiger partial charge in [-0.3, -0.25) is 0 Å². The summed E-state index contributed by atoms with van der Waals surface area (Å²) in [6, 6.07) is 0.451. The molecule has 0 aromatic carbocycles. The SMILES string of the molecule is CCCCCN(C)CC(COC)NC. The highest BCUT2D eigenvalue weighted by Crippen LogP contribution is 1.97. The van der Waals surface area contributed by atoms with Gasteiger partial charge in [0.25, 0.3) is 0 Å². The van der Waals surface area contributed by atoms with Crippen LogP contribution in [0.5, 0.6) is 0 Å². The van der Waals surface area contributed by atoms with Crippen LogP contribution in [0.2, 0.25) is 0 Å². The third-order valence-electron chi connectivity index (χ3n) is 2.45. The average Bonchev–Trinajstić information content (AvgIpc) is 2.17. The predicted octanol–water partition coefficient (Wildman–Crippen LogP) is 1.34. The molecule has 14 heavy (non-hydrogen) atoms. The number of nitrogens with one attached hydrogen (secondary N) is 1. The molecule has 3 nitrogen and oxygen atoms in total. The molecule has 0 bridgehead atoms. The van der Waals surface area contributed by atoms with Gasteiger partial charge < -0.3 is 15.0 Å². The van der Waals surface area contributed by atoms with Crippen molar-refractivity contribution >= 4 is 0 Å². The quantitative estimate of drug-likeness (QED) is 0.571. The average molecular weight is 202 g/mol. The maximum absolute atomic E-state index is 5.13. The van der Waals surface area contributed by atoms with E-state index in [2.05, 4.69) is 24.2 Å². The molecule has 0 radical (unpaired) electrons. The van der Waals surface area contributed by atoms with E-state index in [9.17, 15) is 0 Å². The number of unbranched alkanes of at least 4 members (excludes halogenated alkanes) is 2. The van der Waals surface area contributed by atoms with E-state index >= 15 is 0 Å². The van der Waals surface area contributed by atoms with Crippen molar-refractivity contribution < 1.29 is 4.74 Å². The second-order valence-corrected chi connectivity index (χ2v) is 3.91. The normalized spacial score (nSPS) is 13.5. The van der Waals surface area contributed by atoms with Crippen LogP contribution in [-0.2, 0) is 4.74 Å². The molecule has 86 valence electrons. The minimum absolute atomic E-state index is 0.451. The van der Waals surface area contributed by atoms with E-state index in [1.807, 2.05) is 7.05 Å².